The van der Waals surface area contributed by atoms with E-state index in [0.717, 1.165) is 24.5 Å². The molecule has 0 atom stereocenters. The molecule has 0 radical (unpaired) electrons. The number of hydrogen-bond donors (Lipinski definition) is 1. The number of hydrogen-bond acceptors (Lipinski definition) is 2. The Bertz CT molecular complexity index is 265. The van der Waals surface area contributed by atoms with Crippen LogP contribution in [0.15, 0.2) is 0 Å². The summed E-state index contributed by atoms with van der Waals surface area (Å²) in [6, 6.07) is 1.53. The average molecular weight is 248 g/mol. The second-order valence-corrected chi connectivity index (χ2v) is 6.05. The van der Waals surface area contributed by atoms with Crippen LogP contribution in [0.5, 0.6) is 0 Å². The Morgan fingerprint density at radius 3 is 2.22 bits per heavy atom. The second-order valence-electron chi connectivity index (χ2n) is 6.05. The summed E-state index contributed by atoms with van der Waals surface area (Å²) >= 11 is 0. The summed E-state index contributed by atoms with van der Waals surface area (Å²) in [5, 5.41) is 3.89. The third kappa shape index (κ3) is 4.00. The first-order valence-electron chi connectivity index (χ1n) is 7.73. The number of rotatable bonds is 4. The minimum Gasteiger partial charge on any atom is -0.311 e. The van der Waals surface area contributed by atoms with Gasteiger partial charge in [-0.3, -0.25) is 4.90 Å². The molecular weight excluding hydrogens is 220 g/mol. The zero-order valence-corrected chi connectivity index (χ0v) is 11.8. The van der Waals surface area contributed by atoms with Crippen LogP contribution >= 0.6 is 0 Å². The van der Waals surface area contributed by atoms with E-state index in [1.54, 1.807) is 0 Å². The molecule has 1 aliphatic heterocycles. The lowest BCUT2D eigenvalue weighted by molar-refractivity contribution is 0.191. The number of nitrogens with one attached hydrogen (secondary N) is 1. The summed E-state index contributed by atoms with van der Waals surface area (Å²) in [4.78, 5) is 2.40. The van der Waals surface area contributed by atoms with Crippen LogP contribution in [0, 0.1) is 18.3 Å². The lowest BCUT2D eigenvalue weighted by atomic mass is 9.84. The molecule has 0 bridgehead atoms. The van der Waals surface area contributed by atoms with Crippen molar-refractivity contribution in [3.8, 4) is 12.3 Å². The molecule has 1 aliphatic carbocycles. The van der Waals surface area contributed by atoms with Gasteiger partial charge in [0.05, 0.1) is 6.54 Å². The van der Waals surface area contributed by atoms with Crippen molar-refractivity contribution >= 4 is 0 Å². The highest BCUT2D eigenvalue weighted by atomic mass is 15.1. The quantitative estimate of drug-likeness (QED) is 0.770. The minimum absolute atomic E-state index is 0.738. The van der Waals surface area contributed by atoms with Crippen LogP contribution in [0.3, 0.4) is 0 Å². The van der Waals surface area contributed by atoms with E-state index in [1.807, 2.05) is 0 Å². The van der Waals surface area contributed by atoms with Gasteiger partial charge in [-0.2, -0.15) is 0 Å². The molecule has 2 heteroatoms. The van der Waals surface area contributed by atoms with Crippen LogP contribution < -0.4 is 5.32 Å². The Kier molecular flexibility index (Phi) is 5.53. The van der Waals surface area contributed by atoms with E-state index in [-0.39, 0.29) is 0 Å². The molecule has 1 saturated heterocycles. The van der Waals surface area contributed by atoms with Crippen LogP contribution in [-0.2, 0) is 0 Å². The number of piperidine rings is 1. The summed E-state index contributed by atoms with van der Waals surface area (Å²) in [5.41, 5.74) is 0. The Hall–Kier alpha value is -0.520. The highest BCUT2D eigenvalue weighted by Crippen LogP contribution is 2.27. The number of likely N-dealkylation sites (tertiary alicyclic amines) is 1. The van der Waals surface area contributed by atoms with Crippen molar-refractivity contribution in [2.45, 2.75) is 64.0 Å². The van der Waals surface area contributed by atoms with Gasteiger partial charge in [-0.25, -0.2) is 0 Å². The van der Waals surface area contributed by atoms with Crippen molar-refractivity contribution < 1.29 is 0 Å². The van der Waals surface area contributed by atoms with E-state index >= 15 is 0 Å². The zero-order chi connectivity index (χ0) is 12.8. The summed E-state index contributed by atoms with van der Waals surface area (Å²) in [6.45, 7) is 5.51. The fraction of sp³-hybridized carbons (Fsp3) is 0.875. The van der Waals surface area contributed by atoms with Crippen molar-refractivity contribution in [2.24, 2.45) is 5.92 Å². The average Bonchev–Trinajstić information content (AvgIpc) is 2.42. The van der Waals surface area contributed by atoms with Crippen molar-refractivity contribution in [3.63, 3.8) is 0 Å². The summed E-state index contributed by atoms with van der Waals surface area (Å²) < 4.78 is 0. The molecule has 0 spiro atoms. The van der Waals surface area contributed by atoms with Crippen molar-refractivity contribution in [1.82, 2.24) is 10.2 Å². The maximum Gasteiger partial charge on any atom is 0.0598 e. The first-order valence-corrected chi connectivity index (χ1v) is 7.73. The molecule has 1 heterocycles. The molecule has 0 aromatic heterocycles. The highest BCUT2D eigenvalue weighted by molar-refractivity contribution is 4.91. The van der Waals surface area contributed by atoms with Crippen LogP contribution in [0.4, 0.5) is 0 Å². The van der Waals surface area contributed by atoms with Crippen molar-refractivity contribution in [1.29, 1.82) is 0 Å². The molecule has 2 fully saturated rings. The molecule has 0 aromatic carbocycles. The molecule has 2 aliphatic rings. The van der Waals surface area contributed by atoms with E-state index < -0.39 is 0 Å². The molecular formula is C16H28N2. The van der Waals surface area contributed by atoms with E-state index in [1.165, 1.54) is 58.0 Å². The molecule has 18 heavy (non-hydrogen) atoms. The van der Waals surface area contributed by atoms with Gasteiger partial charge in [-0.1, -0.05) is 19.3 Å². The molecule has 0 amide bonds. The van der Waals surface area contributed by atoms with E-state index in [0.29, 0.717) is 0 Å². The monoisotopic (exact) mass is 248 g/mol. The fourth-order valence-electron chi connectivity index (χ4n) is 3.46. The van der Waals surface area contributed by atoms with Gasteiger partial charge in [0.1, 0.15) is 0 Å². The predicted molar refractivity (Wildman–Crippen MR) is 77.5 cm³/mol. The van der Waals surface area contributed by atoms with Crippen molar-refractivity contribution in [3.05, 3.63) is 0 Å². The lowest BCUT2D eigenvalue weighted by Crippen LogP contribution is -2.47. The number of nitrogens with zero attached hydrogens (tertiary/aromatic N) is 1. The first kappa shape index (κ1) is 13.9. The minimum atomic E-state index is 0.738. The van der Waals surface area contributed by atoms with Crippen LogP contribution in [0.1, 0.15) is 51.9 Å². The fourth-order valence-corrected chi connectivity index (χ4v) is 3.46. The van der Waals surface area contributed by atoms with Gasteiger partial charge >= 0.3 is 0 Å². The van der Waals surface area contributed by atoms with Gasteiger partial charge in [0.15, 0.2) is 0 Å². The Morgan fingerprint density at radius 2 is 1.67 bits per heavy atom. The molecule has 1 saturated carbocycles. The SMILES string of the molecule is C#CCN1CCC(NC2CCC(CC)CC2)CC1. The predicted octanol–water partition coefficient (Wildman–Crippen LogP) is 2.64. The third-order valence-corrected chi connectivity index (χ3v) is 4.80. The summed E-state index contributed by atoms with van der Waals surface area (Å²) in [5.74, 6) is 3.75. The lowest BCUT2D eigenvalue weighted by Gasteiger charge is -2.36. The molecule has 102 valence electrons. The Morgan fingerprint density at radius 1 is 1.06 bits per heavy atom. The zero-order valence-electron chi connectivity index (χ0n) is 11.8. The molecule has 1 N–H and O–H groups in total. The van der Waals surface area contributed by atoms with Crippen LogP contribution in [0.2, 0.25) is 0 Å². The Labute approximate surface area is 113 Å². The smallest absolute Gasteiger partial charge is 0.0598 e. The van der Waals surface area contributed by atoms with Gasteiger partial charge in [-0.05, 0) is 44.4 Å². The van der Waals surface area contributed by atoms with E-state index in [9.17, 15) is 0 Å². The number of terminal acetylenes is 1. The standard InChI is InChI=1S/C16H28N2/c1-3-11-18-12-9-16(10-13-18)17-15-7-5-14(4-2)6-8-15/h1,14-17H,4-13H2,2H3. The van der Waals surface area contributed by atoms with Gasteiger partial charge in [0.2, 0.25) is 0 Å². The van der Waals surface area contributed by atoms with Gasteiger partial charge in [-0.15, -0.1) is 6.42 Å². The normalized spacial score (nSPS) is 31.1. The molecule has 0 unspecified atom stereocenters. The largest absolute Gasteiger partial charge is 0.311 e. The third-order valence-electron chi connectivity index (χ3n) is 4.80. The highest BCUT2D eigenvalue weighted by Gasteiger charge is 2.24. The molecule has 2 rings (SSSR count). The second kappa shape index (κ2) is 7.16. The maximum atomic E-state index is 5.36. The Balaban J connectivity index is 1.65. The van der Waals surface area contributed by atoms with E-state index in [2.05, 4.69) is 23.1 Å². The topological polar surface area (TPSA) is 15.3 Å². The molecule has 0 aromatic rings. The van der Waals surface area contributed by atoms with Crippen LogP contribution in [0.25, 0.3) is 0 Å². The van der Waals surface area contributed by atoms with Gasteiger partial charge < -0.3 is 5.32 Å². The van der Waals surface area contributed by atoms with E-state index in [4.69, 9.17) is 6.42 Å². The summed E-state index contributed by atoms with van der Waals surface area (Å²) in [6.07, 6.45) is 14.9. The van der Waals surface area contributed by atoms with Gasteiger partial charge in [0, 0.05) is 25.2 Å². The van der Waals surface area contributed by atoms with Crippen LogP contribution in [-0.4, -0.2) is 36.6 Å². The van der Waals surface area contributed by atoms with Crippen molar-refractivity contribution in [2.75, 3.05) is 19.6 Å². The summed E-state index contributed by atoms with van der Waals surface area (Å²) in [7, 11) is 0. The first-order chi connectivity index (χ1) is 8.81. The maximum absolute atomic E-state index is 5.36. The van der Waals surface area contributed by atoms with Gasteiger partial charge in [0.25, 0.3) is 0 Å². The molecule has 2 nitrogen and oxygen atoms in total.